The smallest absolute Gasteiger partial charge is 0.000826 e. The van der Waals surface area contributed by atoms with Crippen LogP contribution in [-0.2, 0) is 0 Å². The van der Waals surface area contributed by atoms with Crippen LogP contribution in [0, 0.1) is 23.2 Å². The minimum atomic E-state index is 0.650. The molecule has 3 unspecified atom stereocenters. The molecular weight excluding hydrogens is 134 g/mol. The molecule has 11 heavy (non-hydrogen) atoms. The van der Waals surface area contributed by atoms with Crippen molar-refractivity contribution in [1.82, 2.24) is 5.32 Å². The van der Waals surface area contributed by atoms with Crippen molar-refractivity contribution in [3.8, 4) is 0 Å². The Morgan fingerprint density at radius 3 is 2.55 bits per heavy atom. The Bertz CT molecular complexity index is 160. The van der Waals surface area contributed by atoms with Gasteiger partial charge in [-0.2, -0.15) is 0 Å². The second-order valence-corrected chi connectivity index (χ2v) is 5.02. The lowest BCUT2D eigenvalue weighted by Crippen LogP contribution is -2.61. The van der Waals surface area contributed by atoms with Gasteiger partial charge in [0, 0.05) is 6.54 Å². The number of piperidine rings is 2. The maximum atomic E-state index is 3.51. The van der Waals surface area contributed by atoms with Crippen LogP contribution in [0.2, 0.25) is 0 Å². The van der Waals surface area contributed by atoms with Crippen LogP contribution in [0.25, 0.3) is 0 Å². The summed E-state index contributed by atoms with van der Waals surface area (Å²) in [6.45, 7) is 9.73. The normalized spacial score (nSPS) is 49.1. The molecule has 1 saturated carbocycles. The molecule has 0 aromatic heterocycles. The Hall–Kier alpha value is -0.0400. The third-order valence-electron chi connectivity index (χ3n) is 3.69. The molecule has 1 nitrogen and oxygen atoms in total. The van der Waals surface area contributed by atoms with E-state index in [1.165, 1.54) is 19.5 Å². The summed E-state index contributed by atoms with van der Waals surface area (Å²) in [5, 5.41) is 3.51. The summed E-state index contributed by atoms with van der Waals surface area (Å²) in [4.78, 5) is 0. The van der Waals surface area contributed by atoms with Gasteiger partial charge in [-0.15, -0.1) is 0 Å². The second-order valence-electron chi connectivity index (χ2n) is 5.02. The van der Waals surface area contributed by atoms with Crippen molar-refractivity contribution in [2.75, 3.05) is 13.1 Å². The van der Waals surface area contributed by atoms with E-state index < -0.39 is 0 Å². The van der Waals surface area contributed by atoms with Crippen molar-refractivity contribution in [2.24, 2.45) is 23.2 Å². The molecule has 0 aromatic rings. The van der Waals surface area contributed by atoms with Crippen molar-refractivity contribution in [3.05, 3.63) is 0 Å². The fraction of sp³-hybridized carbons (Fsp3) is 1.00. The van der Waals surface area contributed by atoms with Crippen LogP contribution in [0.3, 0.4) is 0 Å². The van der Waals surface area contributed by atoms with Gasteiger partial charge in [0.25, 0.3) is 0 Å². The van der Waals surface area contributed by atoms with Gasteiger partial charge in [0.2, 0.25) is 0 Å². The average Bonchev–Trinajstić information content (AvgIpc) is 1.85. The predicted octanol–water partition coefficient (Wildman–Crippen LogP) is 1.89. The first-order chi connectivity index (χ1) is 5.13. The monoisotopic (exact) mass is 153 g/mol. The Kier molecular flexibility index (Phi) is 1.54. The highest BCUT2D eigenvalue weighted by Crippen LogP contribution is 2.55. The van der Waals surface area contributed by atoms with E-state index >= 15 is 0 Å². The number of hydrogen-bond donors (Lipinski definition) is 1. The van der Waals surface area contributed by atoms with E-state index in [9.17, 15) is 0 Å². The molecule has 0 spiro atoms. The molecule has 2 saturated heterocycles. The second kappa shape index (κ2) is 2.22. The van der Waals surface area contributed by atoms with E-state index in [0.29, 0.717) is 5.41 Å². The van der Waals surface area contributed by atoms with E-state index in [-0.39, 0.29) is 0 Å². The molecule has 0 radical (unpaired) electrons. The quantitative estimate of drug-likeness (QED) is 0.606. The molecule has 1 heteroatoms. The highest BCUT2D eigenvalue weighted by Gasteiger charge is 2.53. The molecule has 3 rings (SSSR count). The van der Waals surface area contributed by atoms with Crippen LogP contribution in [0.5, 0.6) is 0 Å². The van der Waals surface area contributed by atoms with E-state index in [1.54, 1.807) is 0 Å². The Morgan fingerprint density at radius 2 is 2.18 bits per heavy atom. The van der Waals surface area contributed by atoms with E-state index in [2.05, 4.69) is 26.1 Å². The third kappa shape index (κ3) is 0.936. The van der Waals surface area contributed by atoms with Gasteiger partial charge in [0.05, 0.1) is 0 Å². The van der Waals surface area contributed by atoms with E-state index in [0.717, 1.165) is 17.8 Å². The maximum absolute atomic E-state index is 3.51. The van der Waals surface area contributed by atoms with Crippen LogP contribution >= 0.6 is 0 Å². The maximum Gasteiger partial charge on any atom is 0.000826 e. The fourth-order valence-corrected chi connectivity index (χ4v) is 3.55. The third-order valence-corrected chi connectivity index (χ3v) is 3.69. The van der Waals surface area contributed by atoms with Gasteiger partial charge in [0.15, 0.2) is 0 Å². The number of nitrogens with one attached hydrogen (secondary N) is 1. The molecule has 2 heterocycles. The first kappa shape index (κ1) is 7.60. The lowest BCUT2D eigenvalue weighted by atomic mass is 9.49. The SMILES string of the molecule is CC(C)C1C2CNCC1(C)C2. The summed E-state index contributed by atoms with van der Waals surface area (Å²) in [5.41, 5.74) is 0.650. The lowest BCUT2D eigenvalue weighted by Gasteiger charge is -2.60. The summed E-state index contributed by atoms with van der Waals surface area (Å²) in [7, 11) is 0. The minimum Gasteiger partial charge on any atom is -0.316 e. The van der Waals surface area contributed by atoms with Crippen molar-refractivity contribution >= 4 is 0 Å². The van der Waals surface area contributed by atoms with E-state index in [4.69, 9.17) is 0 Å². The van der Waals surface area contributed by atoms with Crippen molar-refractivity contribution < 1.29 is 0 Å². The molecule has 0 aromatic carbocycles. The molecule has 3 atom stereocenters. The topological polar surface area (TPSA) is 12.0 Å². The van der Waals surface area contributed by atoms with Crippen LogP contribution < -0.4 is 5.32 Å². The number of hydrogen-bond acceptors (Lipinski definition) is 1. The molecule has 2 aliphatic heterocycles. The van der Waals surface area contributed by atoms with Crippen molar-refractivity contribution in [2.45, 2.75) is 27.2 Å². The molecule has 1 N–H and O–H groups in total. The van der Waals surface area contributed by atoms with Gasteiger partial charge in [0.1, 0.15) is 0 Å². The summed E-state index contributed by atoms with van der Waals surface area (Å²) >= 11 is 0. The van der Waals surface area contributed by atoms with Crippen molar-refractivity contribution in [3.63, 3.8) is 0 Å². The first-order valence-electron chi connectivity index (χ1n) is 4.84. The highest BCUT2D eigenvalue weighted by atomic mass is 14.9. The molecule has 2 bridgehead atoms. The predicted molar refractivity (Wildman–Crippen MR) is 47.4 cm³/mol. The van der Waals surface area contributed by atoms with Crippen LogP contribution in [0.4, 0.5) is 0 Å². The van der Waals surface area contributed by atoms with Crippen LogP contribution in [-0.4, -0.2) is 13.1 Å². The van der Waals surface area contributed by atoms with E-state index in [1.807, 2.05) is 0 Å². The minimum absolute atomic E-state index is 0.650. The van der Waals surface area contributed by atoms with Gasteiger partial charge in [-0.1, -0.05) is 20.8 Å². The number of rotatable bonds is 1. The summed E-state index contributed by atoms with van der Waals surface area (Å²) in [6.07, 6.45) is 1.48. The Morgan fingerprint density at radius 1 is 1.45 bits per heavy atom. The van der Waals surface area contributed by atoms with Gasteiger partial charge < -0.3 is 5.32 Å². The lowest BCUT2D eigenvalue weighted by molar-refractivity contribution is -0.0863. The first-order valence-corrected chi connectivity index (χ1v) is 4.84. The zero-order valence-electron chi connectivity index (χ0n) is 7.85. The van der Waals surface area contributed by atoms with Crippen LogP contribution in [0.15, 0.2) is 0 Å². The molecule has 3 fully saturated rings. The van der Waals surface area contributed by atoms with Gasteiger partial charge >= 0.3 is 0 Å². The molecule has 64 valence electrons. The number of fused-ring (bicyclic) bond motifs is 2. The van der Waals surface area contributed by atoms with Crippen molar-refractivity contribution in [1.29, 1.82) is 0 Å². The zero-order chi connectivity index (χ0) is 8.06. The Balaban J connectivity index is 2.11. The average molecular weight is 153 g/mol. The molecule has 0 amide bonds. The van der Waals surface area contributed by atoms with Gasteiger partial charge in [-0.3, -0.25) is 0 Å². The van der Waals surface area contributed by atoms with Gasteiger partial charge in [-0.05, 0) is 36.1 Å². The fourth-order valence-electron chi connectivity index (χ4n) is 3.55. The molecule has 1 aliphatic carbocycles. The zero-order valence-corrected chi connectivity index (χ0v) is 7.85. The molecule has 3 aliphatic rings. The Labute approximate surface area is 69.6 Å². The summed E-state index contributed by atoms with van der Waals surface area (Å²) in [5.74, 6) is 2.89. The standard InChI is InChI=1S/C10H19N/c1-7(2)9-8-4-10(9,3)6-11-5-8/h7-9,11H,4-6H2,1-3H3. The van der Waals surface area contributed by atoms with Gasteiger partial charge in [-0.25, -0.2) is 0 Å². The summed E-state index contributed by atoms with van der Waals surface area (Å²) < 4.78 is 0. The van der Waals surface area contributed by atoms with Crippen LogP contribution in [0.1, 0.15) is 27.2 Å². The summed E-state index contributed by atoms with van der Waals surface area (Å²) in [6, 6.07) is 0. The largest absolute Gasteiger partial charge is 0.316 e. The highest BCUT2D eigenvalue weighted by molar-refractivity contribution is 5.05. The molecular formula is C10H19N.